The summed E-state index contributed by atoms with van der Waals surface area (Å²) in [5.74, 6) is 0.100. The Bertz CT molecular complexity index is 478. The minimum Gasteiger partial charge on any atom is -0.394 e. The summed E-state index contributed by atoms with van der Waals surface area (Å²) in [5.41, 5.74) is 4.91. The van der Waals surface area contributed by atoms with E-state index < -0.39 is 24.1 Å². The van der Waals surface area contributed by atoms with Gasteiger partial charge in [0.15, 0.2) is 0 Å². The molecule has 0 bridgehead atoms. The highest BCUT2D eigenvalue weighted by Crippen LogP contribution is 2.28. The number of aliphatic hydroxyl groups excluding tert-OH is 2. The van der Waals surface area contributed by atoms with Gasteiger partial charge >= 0.3 is 5.69 Å². The first-order valence-electron chi connectivity index (χ1n) is 5.01. The number of rotatable bonds is 2. The van der Waals surface area contributed by atoms with Gasteiger partial charge in [-0.25, -0.2) is 4.79 Å². The number of aromatic nitrogens is 2. The maximum absolute atomic E-state index is 11.6. The van der Waals surface area contributed by atoms with Crippen LogP contribution in [0.4, 0.5) is 5.82 Å². The number of hydrogen-bond donors (Lipinski definition) is 3. The lowest BCUT2D eigenvalue weighted by Gasteiger charge is -2.14. The Labute approximate surface area is 105 Å². The van der Waals surface area contributed by atoms with Crippen LogP contribution in [0.25, 0.3) is 0 Å². The van der Waals surface area contributed by atoms with Gasteiger partial charge in [0.2, 0.25) is 0 Å². The predicted octanol–water partition coefficient (Wildman–Crippen LogP) is -0.771. The maximum Gasteiger partial charge on any atom is 0.351 e. The Morgan fingerprint density at radius 1 is 1.71 bits per heavy atom. The summed E-state index contributed by atoms with van der Waals surface area (Å²) in [6, 6.07) is 0. The van der Waals surface area contributed by atoms with E-state index in [9.17, 15) is 9.90 Å². The van der Waals surface area contributed by atoms with Crippen LogP contribution in [-0.4, -0.2) is 38.6 Å². The average Bonchev–Trinajstić information content (AvgIpc) is 2.65. The Morgan fingerprint density at radius 2 is 2.41 bits per heavy atom. The summed E-state index contributed by atoms with van der Waals surface area (Å²) in [6.07, 6.45) is -0.430. The quantitative estimate of drug-likeness (QED) is 0.662. The number of anilines is 1. The number of nitrogens with zero attached hydrogens (tertiary/aromatic N) is 2. The zero-order chi connectivity index (χ0) is 12.6. The second-order valence-electron chi connectivity index (χ2n) is 3.78. The van der Waals surface area contributed by atoms with E-state index in [4.69, 9.17) is 15.6 Å². The Balaban J connectivity index is 2.30. The molecule has 1 saturated heterocycles. The van der Waals surface area contributed by atoms with Crippen molar-refractivity contribution >= 4 is 21.7 Å². The molecule has 94 valence electrons. The second-order valence-corrected chi connectivity index (χ2v) is 4.63. The normalized spacial score (nSPS) is 28.5. The number of hydrogen-bond acceptors (Lipinski definition) is 6. The number of aliphatic hydroxyl groups is 2. The van der Waals surface area contributed by atoms with Crippen LogP contribution in [-0.2, 0) is 4.74 Å². The maximum atomic E-state index is 11.6. The first kappa shape index (κ1) is 12.5. The van der Waals surface area contributed by atoms with E-state index in [1.165, 1.54) is 10.8 Å². The summed E-state index contributed by atoms with van der Waals surface area (Å²) < 4.78 is 7.06. The Morgan fingerprint density at radius 3 is 3.00 bits per heavy atom. The van der Waals surface area contributed by atoms with Crippen LogP contribution in [0.3, 0.4) is 0 Å². The second kappa shape index (κ2) is 4.73. The van der Waals surface area contributed by atoms with Gasteiger partial charge in [-0.1, -0.05) is 0 Å². The van der Waals surface area contributed by atoms with E-state index in [0.29, 0.717) is 4.47 Å². The molecule has 0 spiro atoms. The van der Waals surface area contributed by atoms with Crippen molar-refractivity contribution in [2.75, 3.05) is 12.3 Å². The van der Waals surface area contributed by atoms with E-state index in [1.54, 1.807) is 0 Å². The molecule has 0 radical (unpaired) electrons. The van der Waals surface area contributed by atoms with E-state index in [1.807, 2.05) is 0 Å². The monoisotopic (exact) mass is 305 g/mol. The van der Waals surface area contributed by atoms with Crippen molar-refractivity contribution < 1.29 is 14.9 Å². The lowest BCUT2D eigenvalue weighted by molar-refractivity contribution is -0.0459. The zero-order valence-electron chi connectivity index (χ0n) is 8.78. The zero-order valence-corrected chi connectivity index (χ0v) is 10.4. The smallest absolute Gasteiger partial charge is 0.351 e. The van der Waals surface area contributed by atoms with Crippen LogP contribution < -0.4 is 11.4 Å². The molecule has 3 atom stereocenters. The molecule has 1 aromatic heterocycles. The summed E-state index contributed by atoms with van der Waals surface area (Å²) >= 11 is 3.16. The summed E-state index contributed by atoms with van der Waals surface area (Å²) in [6.45, 7) is -0.296. The molecule has 2 rings (SSSR count). The van der Waals surface area contributed by atoms with Gasteiger partial charge in [-0.15, -0.1) is 0 Å². The van der Waals surface area contributed by atoms with Gasteiger partial charge in [-0.05, 0) is 15.9 Å². The molecule has 0 unspecified atom stereocenters. The number of nitrogen functional groups attached to an aromatic ring is 1. The van der Waals surface area contributed by atoms with Gasteiger partial charge in [0, 0.05) is 12.6 Å². The van der Waals surface area contributed by atoms with Crippen LogP contribution in [0.5, 0.6) is 0 Å². The van der Waals surface area contributed by atoms with Gasteiger partial charge in [0.1, 0.15) is 18.1 Å². The van der Waals surface area contributed by atoms with Gasteiger partial charge in [-0.2, -0.15) is 4.98 Å². The van der Waals surface area contributed by atoms with E-state index >= 15 is 0 Å². The molecule has 1 aromatic rings. The van der Waals surface area contributed by atoms with E-state index in [0.717, 1.165) is 0 Å². The van der Waals surface area contributed by atoms with Gasteiger partial charge in [0.05, 0.1) is 17.2 Å². The molecule has 0 amide bonds. The lowest BCUT2D eigenvalue weighted by atomic mass is 10.2. The highest BCUT2D eigenvalue weighted by molar-refractivity contribution is 9.10. The summed E-state index contributed by atoms with van der Waals surface area (Å²) in [7, 11) is 0. The molecule has 17 heavy (non-hydrogen) atoms. The SMILES string of the molecule is Nc1nc(=O)n([C@H]2C[C@@H](O)[C@@H](CO)O2)cc1Br. The molecule has 0 saturated carbocycles. The Kier molecular flexibility index (Phi) is 3.48. The molecule has 2 heterocycles. The van der Waals surface area contributed by atoms with Crippen LogP contribution >= 0.6 is 15.9 Å². The van der Waals surface area contributed by atoms with Crippen molar-refractivity contribution in [3.05, 3.63) is 21.2 Å². The predicted molar refractivity (Wildman–Crippen MR) is 62.2 cm³/mol. The van der Waals surface area contributed by atoms with Gasteiger partial charge in [0.25, 0.3) is 0 Å². The molecular formula is C9H12BrN3O4. The fraction of sp³-hybridized carbons (Fsp3) is 0.556. The van der Waals surface area contributed by atoms with Crippen molar-refractivity contribution in [3.63, 3.8) is 0 Å². The topological polar surface area (TPSA) is 111 Å². The van der Waals surface area contributed by atoms with Crippen molar-refractivity contribution in [3.8, 4) is 0 Å². The summed E-state index contributed by atoms with van der Waals surface area (Å²) in [4.78, 5) is 15.2. The average molecular weight is 306 g/mol. The lowest BCUT2D eigenvalue weighted by Crippen LogP contribution is -2.28. The van der Waals surface area contributed by atoms with Crippen LogP contribution in [0, 0.1) is 0 Å². The van der Waals surface area contributed by atoms with Crippen LogP contribution in [0.1, 0.15) is 12.6 Å². The number of ether oxygens (including phenoxy) is 1. The van der Waals surface area contributed by atoms with Crippen LogP contribution in [0.15, 0.2) is 15.5 Å². The van der Waals surface area contributed by atoms with E-state index in [-0.39, 0.29) is 18.8 Å². The van der Waals surface area contributed by atoms with Gasteiger partial charge < -0.3 is 20.7 Å². The van der Waals surface area contributed by atoms with Crippen molar-refractivity contribution in [2.45, 2.75) is 24.9 Å². The standard InChI is InChI=1S/C9H12BrN3O4/c10-4-2-13(9(16)12-8(4)11)7-1-5(15)6(3-14)17-7/h2,5-7,14-15H,1,3H2,(H2,11,12,16)/t5-,6-,7-/m1/s1. The third-order valence-electron chi connectivity index (χ3n) is 2.63. The van der Waals surface area contributed by atoms with Gasteiger partial charge in [-0.3, -0.25) is 4.57 Å². The molecule has 8 heteroatoms. The van der Waals surface area contributed by atoms with Crippen LogP contribution in [0.2, 0.25) is 0 Å². The fourth-order valence-electron chi connectivity index (χ4n) is 1.71. The fourth-order valence-corrected chi connectivity index (χ4v) is 2.02. The highest BCUT2D eigenvalue weighted by Gasteiger charge is 2.35. The molecule has 1 aliphatic rings. The molecule has 1 fully saturated rings. The molecule has 0 aromatic carbocycles. The van der Waals surface area contributed by atoms with Crippen molar-refractivity contribution in [1.29, 1.82) is 0 Å². The van der Waals surface area contributed by atoms with Crippen molar-refractivity contribution in [2.24, 2.45) is 0 Å². The van der Waals surface area contributed by atoms with Crippen molar-refractivity contribution in [1.82, 2.24) is 9.55 Å². The Hall–Kier alpha value is -0.960. The molecule has 1 aliphatic heterocycles. The molecule has 4 N–H and O–H groups in total. The molecular weight excluding hydrogens is 294 g/mol. The first-order chi connectivity index (χ1) is 8.02. The minimum atomic E-state index is -0.798. The van der Waals surface area contributed by atoms with E-state index in [2.05, 4.69) is 20.9 Å². The number of nitrogens with two attached hydrogens (primary N) is 1. The third kappa shape index (κ3) is 2.34. The number of halogens is 1. The molecule has 0 aliphatic carbocycles. The summed E-state index contributed by atoms with van der Waals surface area (Å²) in [5, 5.41) is 18.5. The molecule has 7 nitrogen and oxygen atoms in total. The highest BCUT2D eigenvalue weighted by atomic mass is 79.9. The largest absolute Gasteiger partial charge is 0.394 e. The minimum absolute atomic E-state index is 0.100. The first-order valence-corrected chi connectivity index (χ1v) is 5.80. The third-order valence-corrected chi connectivity index (χ3v) is 3.24.